The highest BCUT2D eigenvalue weighted by Crippen LogP contribution is 2.30. The number of aryl methyl sites for hydroxylation is 1. The van der Waals surface area contributed by atoms with Crippen LogP contribution in [0.5, 0.6) is 11.5 Å². The first-order valence-corrected chi connectivity index (χ1v) is 7.91. The van der Waals surface area contributed by atoms with E-state index in [1.165, 1.54) is 0 Å². The first-order chi connectivity index (χ1) is 10.3. The molecule has 1 aromatic carbocycles. The van der Waals surface area contributed by atoms with Crippen molar-refractivity contribution in [1.29, 1.82) is 0 Å². The van der Waals surface area contributed by atoms with Crippen LogP contribution < -0.4 is 9.47 Å². The summed E-state index contributed by atoms with van der Waals surface area (Å²) < 4.78 is 10.7. The molecule has 0 spiro atoms. The highest BCUT2D eigenvalue weighted by Gasteiger charge is 2.18. The lowest BCUT2D eigenvalue weighted by atomic mass is 10.1. The maximum atomic E-state index is 11.8. The molecule has 4 heteroatoms. The molecule has 0 atom stereocenters. The first kappa shape index (κ1) is 18.2. The molecule has 0 N–H and O–H groups in total. The summed E-state index contributed by atoms with van der Waals surface area (Å²) in [6.45, 7) is 9.18. The van der Waals surface area contributed by atoms with Gasteiger partial charge in [0.05, 0.1) is 11.8 Å². The number of esters is 2. The molecule has 22 heavy (non-hydrogen) atoms. The van der Waals surface area contributed by atoms with Crippen LogP contribution >= 0.6 is 0 Å². The molecule has 0 saturated carbocycles. The molecule has 1 rings (SSSR count). The Morgan fingerprint density at radius 1 is 0.955 bits per heavy atom. The van der Waals surface area contributed by atoms with Gasteiger partial charge in [0, 0.05) is 0 Å². The van der Waals surface area contributed by atoms with Gasteiger partial charge in [-0.3, -0.25) is 9.59 Å². The van der Waals surface area contributed by atoms with Gasteiger partial charge in [-0.25, -0.2) is 0 Å². The van der Waals surface area contributed by atoms with Gasteiger partial charge >= 0.3 is 11.9 Å². The van der Waals surface area contributed by atoms with Crippen LogP contribution in [-0.4, -0.2) is 11.9 Å². The van der Waals surface area contributed by atoms with Crippen molar-refractivity contribution in [3.05, 3.63) is 23.8 Å². The minimum absolute atomic E-state index is 0.242. The fourth-order valence-electron chi connectivity index (χ4n) is 1.71. The van der Waals surface area contributed by atoms with Crippen molar-refractivity contribution >= 4 is 11.9 Å². The summed E-state index contributed by atoms with van der Waals surface area (Å²) in [5.74, 6) is -0.548. The van der Waals surface area contributed by atoms with E-state index in [1.807, 2.05) is 6.07 Å². The third-order valence-electron chi connectivity index (χ3n) is 3.19. The molecule has 1 aromatic rings. The molecule has 122 valence electrons. The van der Waals surface area contributed by atoms with Crippen LogP contribution in [0.2, 0.25) is 0 Å². The lowest BCUT2D eigenvalue weighted by Gasteiger charge is -2.14. The molecule has 0 aliphatic heterocycles. The smallest absolute Gasteiger partial charge is 0.313 e. The molecule has 0 aromatic heterocycles. The molecule has 0 heterocycles. The predicted octanol–water partition coefficient (Wildman–Crippen LogP) is 4.15. The fraction of sp³-hybridized carbons (Fsp3) is 0.556. The van der Waals surface area contributed by atoms with Crippen molar-refractivity contribution in [2.24, 2.45) is 11.8 Å². The zero-order valence-electron chi connectivity index (χ0n) is 14.1. The molecule has 0 aliphatic rings. The van der Waals surface area contributed by atoms with Crippen molar-refractivity contribution in [2.75, 3.05) is 0 Å². The monoisotopic (exact) mass is 306 g/mol. The van der Waals surface area contributed by atoms with Crippen LogP contribution in [0.15, 0.2) is 18.2 Å². The molecule has 0 unspecified atom stereocenters. The molecule has 0 bridgehead atoms. The van der Waals surface area contributed by atoms with Crippen LogP contribution in [0.25, 0.3) is 0 Å². The van der Waals surface area contributed by atoms with Gasteiger partial charge in [-0.2, -0.15) is 0 Å². The average Bonchev–Trinajstić information content (AvgIpc) is 2.46. The molecular formula is C18H26O4. The molecule has 0 radical (unpaired) electrons. The van der Waals surface area contributed by atoms with Gasteiger partial charge in [-0.05, 0) is 30.5 Å². The topological polar surface area (TPSA) is 52.6 Å². The highest BCUT2D eigenvalue weighted by atomic mass is 16.6. The Morgan fingerprint density at radius 3 is 2.00 bits per heavy atom. The molecule has 0 aliphatic carbocycles. The molecule has 0 saturated heterocycles. The van der Waals surface area contributed by atoms with E-state index >= 15 is 0 Å². The quantitative estimate of drug-likeness (QED) is 0.561. The van der Waals surface area contributed by atoms with Crippen LogP contribution in [-0.2, 0) is 16.0 Å². The lowest BCUT2D eigenvalue weighted by Crippen LogP contribution is -2.18. The standard InChI is InChI=1S/C18H26O4/c1-6-7-8-14-9-10-15(21-17(19)12(2)3)16(11-14)22-18(20)13(4)5/h9-13H,6-8H2,1-5H3. The van der Waals surface area contributed by atoms with Gasteiger partial charge in [0.25, 0.3) is 0 Å². The third kappa shape index (κ3) is 5.51. The Balaban J connectivity index is 3.02. The zero-order valence-corrected chi connectivity index (χ0v) is 14.1. The first-order valence-electron chi connectivity index (χ1n) is 7.91. The SMILES string of the molecule is CCCCc1ccc(OC(=O)C(C)C)c(OC(=O)C(C)C)c1. The normalized spacial score (nSPS) is 10.9. The number of carbonyl (C=O) groups is 2. The largest absolute Gasteiger partial charge is 0.422 e. The Morgan fingerprint density at radius 2 is 1.50 bits per heavy atom. The van der Waals surface area contributed by atoms with Crippen molar-refractivity contribution in [2.45, 2.75) is 53.9 Å². The van der Waals surface area contributed by atoms with Crippen molar-refractivity contribution in [1.82, 2.24) is 0 Å². The Labute approximate surface area is 132 Å². The maximum absolute atomic E-state index is 11.8. The van der Waals surface area contributed by atoms with E-state index in [1.54, 1.807) is 39.8 Å². The van der Waals surface area contributed by atoms with Gasteiger partial charge in [0.1, 0.15) is 0 Å². The number of hydrogen-bond acceptors (Lipinski definition) is 4. The number of ether oxygens (including phenoxy) is 2. The van der Waals surface area contributed by atoms with Gasteiger partial charge in [-0.1, -0.05) is 47.1 Å². The number of hydrogen-bond donors (Lipinski definition) is 0. The van der Waals surface area contributed by atoms with E-state index in [0.29, 0.717) is 11.5 Å². The van der Waals surface area contributed by atoms with Gasteiger partial charge in [-0.15, -0.1) is 0 Å². The molecular weight excluding hydrogens is 280 g/mol. The van der Waals surface area contributed by atoms with E-state index in [2.05, 4.69) is 6.92 Å². The van der Waals surface area contributed by atoms with Crippen molar-refractivity contribution < 1.29 is 19.1 Å². The second kappa shape index (κ2) is 8.57. The maximum Gasteiger partial charge on any atom is 0.313 e. The fourth-order valence-corrected chi connectivity index (χ4v) is 1.71. The molecule has 0 fully saturated rings. The Hall–Kier alpha value is -1.84. The summed E-state index contributed by atoms with van der Waals surface area (Å²) in [6, 6.07) is 5.40. The lowest BCUT2D eigenvalue weighted by molar-refractivity contribution is -0.140. The van der Waals surface area contributed by atoms with Crippen LogP contribution in [0.4, 0.5) is 0 Å². The second-order valence-corrected chi connectivity index (χ2v) is 6.04. The highest BCUT2D eigenvalue weighted by molar-refractivity contribution is 5.78. The van der Waals surface area contributed by atoms with E-state index < -0.39 is 0 Å². The number of unbranched alkanes of at least 4 members (excludes halogenated alkanes) is 1. The minimum Gasteiger partial charge on any atom is -0.422 e. The van der Waals surface area contributed by atoms with Gasteiger partial charge in [0.15, 0.2) is 11.5 Å². The second-order valence-electron chi connectivity index (χ2n) is 6.04. The van der Waals surface area contributed by atoms with E-state index in [4.69, 9.17) is 9.47 Å². The summed E-state index contributed by atoms with van der Waals surface area (Å²) in [5.41, 5.74) is 1.07. The number of carbonyl (C=O) groups excluding carboxylic acids is 2. The van der Waals surface area contributed by atoms with Crippen molar-refractivity contribution in [3.63, 3.8) is 0 Å². The molecule has 4 nitrogen and oxygen atoms in total. The van der Waals surface area contributed by atoms with E-state index in [-0.39, 0.29) is 23.8 Å². The van der Waals surface area contributed by atoms with Crippen LogP contribution in [0, 0.1) is 11.8 Å². The van der Waals surface area contributed by atoms with Crippen LogP contribution in [0.1, 0.15) is 53.0 Å². The number of benzene rings is 1. The Bertz CT molecular complexity index is 518. The summed E-state index contributed by atoms with van der Waals surface area (Å²) in [5, 5.41) is 0. The Kier molecular flexibility index (Phi) is 7.09. The minimum atomic E-state index is -0.344. The van der Waals surface area contributed by atoms with E-state index in [9.17, 15) is 9.59 Å². The number of rotatable bonds is 7. The summed E-state index contributed by atoms with van der Waals surface area (Å²) in [6.07, 6.45) is 3.05. The van der Waals surface area contributed by atoms with Gasteiger partial charge < -0.3 is 9.47 Å². The van der Waals surface area contributed by atoms with E-state index in [0.717, 1.165) is 24.8 Å². The average molecular weight is 306 g/mol. The third-order valence-corrected chi connectivity index (χ3v) is 3.19. The zero-order chi connectivity index (χ0) is 16.7. The summed E-state index contributed by atoms with van der Waals surface area (Å²) >= 11 is 0. The van der Waals surface area contributed by atoms with Crippen molar-refractivity contribution in [3.8, 4) is 11.5 Å². The summed E-state index contributed by atoms with van der Waals surface area (Å²) in [4.78, 5) is 23.6. The molecule has 0 amide bonds. The predicted molar refractivity (Wildman–Crippen MR) is 86.0 cm³/mol. The summed E-state index contributed by atoms with van der Waals surface area (Å²) in [7, 11) is 0. The van der Waals surface area contributed by atoms with Crippen LogP contribution in [0.3, 0.4) is 0 Å². The van der Waals surface area contributed by atoms with Gasteiger partial charge in [0.2, 0.25) is 0 Å².